The second-order valence-electron chi connectivity index (χ2n) is 4.83. The van der Waals surface area contributed by atoms with Crippen LogP contribution in [0.5, 0.6) is 0 Å². The molecule has 0 bridgehead atoms. The number of hydrogen-bond acceptors (Lipinski definition) is 2. The van der Waals surface area contributed by atoms with Crippen LogP contribution in [0.1, 0.15) is 21.5 Å². The molecule has 0 saturated heterocycles. The van der Waals surface area contributed by atoms with Crippen molar-refractivity contribution in [3.8, 4) is 0 Å². The summed E-state index contributed by atoms with van der Waals surface area (Å²) in [6.07, 6.45) is 0.237. The van der Waals surface area contributed by atoms with Gasteiger partial charge in [-0.2, -0.15) is 0 Å². The summed E-state index contributed by atoms with van der Waals surface area (Å²) in [5.74, 6) is -0.268. The normalized spacial score (nSPS) is 10.0. The molecule has 0 fully saturated rings. The molecule has 4 heteroatoms. The van der Waals surface area contributed by atoms with Crippen LogP contribution in [0.2, 0.25) is 0 Å². The highest BCUT2D eigenvalue weighted by molar-refractivity contribution is 6.05. The predicted octanol–water partition coefficient (Wildman–Crippen LogP) is 2.54. The lowest BCUT2D eigenvalue weighted by atomic mass is 10.1. The zero-order valence-corrected chi connectivity index (χ0v) is 12.1. The van der Waals surface area contributed by atoms with Crippen LogP contribution >= 0.6 is 0 Å². The Labute approximate surface area is 124 Å². The van der Waals surface area contributed by atoms with Gasteiger partial charge in [0.05, 0.1) is 6.42 Å². The lowest BCUT2D eigenvalue weighted by molar-refractivity contribution is -0.119. The minimum Gasteiger partial charge on any atom is -0.359 e. The number of nitrogens with one attached hydrogen (secondary N) is 2. The Bertz CT molecular complexity index is 665. The van der Waals surface area contributed by atoms with Crippen molar-refractivity contribution >= 4 is 17.5 Å². The maximum absolute atomic E-state index is 12.3. The van der Waals surface area contributed by atoms with Gasteiger partial charge in [-0.25, -0.2) is 0 Å². The third-order valence-electron chi connectivity index (χ3n) is 3.18. The summed E-state index contributed by atoms with van der Waals surface area (Å²) < 4.78 is 0. The third-order valence-corrected chi connectivity index (χ3v) is 3.18. The van der Waals surface area contributed by atoms with Crippen LogP contribution in [-0.2, 0) is 11.2 Å². The number of anilines is 1. The molecule has 2 aromatic carbocycles. The Hall–Kier alpha value is -2.62. The summed E-state index contributed by atoms with van der Waals surface area (Å²) in [7, 11) is 1.59. The monoisotopic (exact) mass is 282 g/mol. The second-order valence-corrected chi connectivity index (χ2v) is 4.83. The van der Waals surface area contributed by atoms with E-state index in [2.05, 4.69) is 10.6 Å². The molecule has 0 unspecified atom stereocenters. The van der Waals surface area contributed by atoms with Crippen LogP contribution < -0.4 is 10.6 Å². The molecule has 2 N–H and O–H groups in total. The maximum Gasteiger partial charge on any atom is 0.255 e. The summed E-state index contributed by atoms with van der Waals surface area (Å²) in [6.45, 7) is 1.94. The van der Waals surface area contributed by atoms with Crippen molar-refractivity contribution in [3.05, 3.63) is 65.2 Å². The molecule has 0 radical (unpaired) electrons. The van der Waals surface area contributed by atoms with E-state index in [1.807, 2.05) is 43.3 Å². The minimum atomic E-state index is -0.178. The average Bonchev–Trinajstić information content (AvgIpc) is 2.49. The van der Waals surface area contributed by atoms with E-state index in [-0.39, 0.29) is 18.2 Å². The molecule has 0 aromatic heterocycles. The van der Waals surface area contributed by atoms with Crippen LogP contribution in [0.15, 0.2) is 48.5 Å². The molecular weight excluding hydrogens is 264 g/mol. The minimum absolute atomic E-state index is 0.0905. The molecule has 0 spiro atoms. The molecule has 108 valence electrons. The van der Waals surface area contributed by atoms with E-state index >= 15 is 0 Å². The van der Waals surface area contributed by atoms with Crippen molar-refractivity contribution in [1.82, 2.24) is 5.32 Å². The van der Waals surface area contributed by atoms with Crippen LogP contribution in [0.3, 0.4) is 0 Å². The smallest absolute Gasteiger partial charge is 0.255 e. The fraction of sp³-hybridized carbons (Fsp3) is 0.176. The quantitative estimate of drug-likeness (QED) is 0.905. The number of amides is 2. The van der Waals surface area contributed by atoms with Crippen molar-refractivity contribution in [2.45, 2.75) is 13.3 Å². The highest BCUT2D eigenvalue weighted by atomic mass is 16.2. The van der Waals surface area contributed by atoms with E-state index in [4.69, 9.17) is 0 Å². The van der Waals surface area contributed by atoms with Crippen molar-refractivity contribution in [1.29, 1.82) is 0 Å². The van der Waals surface area contributed by atoms with E-state index in [1.54, 1.807) is 19.2 Å². The van der Waals surface area contributed by atoms with Crippen molar-refractivity contribution in [2.75, 3.05) is 12.4 Å². The summed E-state index contributed by atoms with van der Waals surface area (Å²) in [4.78, 5) is 23.8. The predicted molar refractivity (Wildman–Crippen MR) is 83.3 cm³/mol. The number of carbonyl (C=O) groups is 2. The third kappa shape index (κ3) is 3.92. The van der Waals surface area contributed by atoms with E-state index < -0.39 is 0 Å². The molecule has 0 aliphatic carbocycles. The van der Waals surface area contributed by atoms with Gasteiger partial charge >= 0.3 is 0 Å². The van der Waals surface area contributed by atoms with Gasteiger partial charge in [0.15, 0.2) is 0 Å². The number of benzene rings is 2. The van der Waals surface area contributed by atoms with Gasteiger partial charge in [0.1, 0.15) is 0 Å². The first-order valence-electron chi connectivity index (χ1n) is 6.76. The Balaban J connectivity index is 2.19. The van der Waals surface area contributed by atoms with Crippen LogP contribution in [-0.4, -0.2) is 18.9 Å². The Morgan fingerprint density at radius 2 is 1.81 bits per heavy atom. The Morgan fingerprint density at radius 1 is 1.05 bits per heavy atom. The molecule has 2 aromatic rings. The maximum atomic E-state index is 12.3. The summed E-state index contributed by atoms with van der Waals surface area (Å²) >= 11 is 0. The average molecular weight is 282 g/mol. The fourth-order valence-corrected chi connectivity index (χ4v) is 2.04. The van der Waals surface area contributed by atoms with Gasteiger partial charge in [-0.1, -0.05) is 35.9 Å². The molecule has 2 amide bonds. The summed E-state index contributed by atoms with van der Waals surface area (Å²) in [6, 6.07) is 14.7. The van der Waals surface area contributed by atoms with Gasteiger partial charge in [-0.05, 0) is 30.7 Å². The Kier molecular flexibility index (Phi) is 4.72. The van der Waals surface area contributed by atoms with E-state index in [9.17, 15) is 9.59 Å². The largest absolute Gasteiger partial charge is 0.359 e. The molecule has 0 aliphatic heterocycles. The topological polar surface area (TPSA) is 58.2 Å². The van der Waals surface area contributed by atoms with Crippen molar-refractivity contribution in [3.63, 3.8) is 0 Å². The molecule has 21 heavy (non-hydrogen) atoms. The van der Waals surface area contributed by atoms with Gasteiger partial charge in [-0.3, -0.25) is 9.59 Å². The lowest BCUT2D eigenvalue weighted by Gasteiger charge is -2.11. The van der Waals surface area contributed by atoms with Crippen LogP contribution in [0.25, 0.3) is 0 Å². The molecule has 0 atom stereocenters. The van der Waals surface area contributed by atoms with Crippen LogP contribution in [0.4, 0.5) is 5.69 Å². The first kappa shape index (κ1) is 14.8. The highest BCUT2D eigenvalue weighted by Gasteiger charge is 2.10. The van der Waals surface area contributed by atoms with Gasteiger partial charge in [0, 0.05) is 18.3 Å². The van der Waals surface area contributed by atoms with Gasteiger partial charge in [-0.15, -0.1) is 0 Å². The molecule has 4 nitrogen and oxygen atoms in total. The SMILES string of the molecule is CNC(=O)Cc1ccccc1NC(=O)c1cccc(C)c1. The molecule has 2 rings (SSSR count). The molecular formula is C17H18N2O2. The second kappa shape index (κ2) is 6.70. The standard InChI is InChI=1S/C17H18N2O2/c1-12-6-5-8-14(10-12)17(21)19-15-9-4-3-7-13(15)11-16(20)18-2/h3-10H,11H2,1-2H3,(H,18,20)(H,19,21). The number of rotatable bonds is 4. The molecule has 0 heterocycles. The van der Waals surface area contributed by atoms with Crippen molar-refractivity contribution < 1.29 is 9.59 Å². The van der Waals surface area contributed by atoms with Gasteiger partial charge in [0.25, 0.3) is 5.91 Å². The number of hydrogen-bond donors (Lipinski definition) is 2. The van der Waals surface area contributed by atoms with Crippen LogP contribution in [0, 0.1) is 6.92 Å². The van der Waals surface area contributed by atoms with Gasteiger partial charge < -0.3 is 10.6 Å². The molecule has 0 saturated carbocycles. The zero-order valence-electron chi connectivity index (χ0n) is 12.1. The summed E-state index contributed by atoms with van der Waals surface area (Å²) in [5, 5.41) is 5.45. The lowest BCUT2D eigenvalue weighted by Crippen LogP contribution is -2.21. The van der Waals surface area contributed by atoms with E-state index in [1.165, 1.54) is 0 Å². The first-order chi connectivity index (χ1) is 10.1. The number of para-hydroxylation sites is 1. The zero-order chi connectivity index (χ0) is 15.2. The first-order valence-corrected chi connectivity index (χ1v) is 6.76. The van der Waals surface area contributed by atoms with Crippen molar-refractivity contribution in [2.24, 2.45) is 0 Å². The molecule has 0 aliphatic rings. The number of likely N-dealkylation sites (N-methyl/N-ethyl adjacent to an activating group) is 1. The van der Waals surface area contributed by atoms with Gasteiger partial charge in [0.2, 0.25) is 5.91 Å². The summed E-state index contributed by atoms with van der Waals surface area (Å²) in [5.41, 5.74) is 3.08. The Morgan fingerprint density at radius 3 is 2.52 bits per heavy atom. The fourth-order valence-electron chi connectivity index (χ4n) is 2.04. The van der Waals surface area contributed by atoms with E-state index in [0.29, 0.717) is 11.3 Å². The van der Waals surface area contributed by atoms with E-state index in [0.717, 1.165) is 11.1 Å². The number of aryl methyl sites for hydroxylation is 1. The number of carbonyl (C=O) groups excluding carboxylic acids is 2. The highest BCUT2D eigenvalue weighted by Crippen LogP contribution is 2.17.